The Morgan fingerprint density at radius 2 is 1.93 bits per heavy atom. The van der Waals surface area contributed by atoms with Gasteiger partial charge in [-0.25, -0.2) is 8.42 Å². The van der Waals surface area contributed by atoms with Gasteiger partial charge in [-0.1, -0.05) is 0 Å². The van der Waals surface area contributed by atoms with Crippen LogP contribution in [-0.4, -0.2) is 13.4 Å². The molecule has 0 amide bonds. The van der Waals surface area contributed by atoms with E-state index < -0.39 is 29.4 Å². The molecule has 0 unspecified atom stereocenters. The van der Waals surface area contributed by atoms with Crippen molar-refractivity contribution < 1.29 is 21.6 Å². The molecule has 0 atom stereocenters. The molecule has 1 rings (SSSR count). The molecule has 3 nitrogen and oxygen atoms in total. The minimum atomic E-state index is -4.70. The average molecular weight is 372 g/mol. The number of rotatable bonds is 1. The van der Waals surface area contributed by atoms with Gasteiger partial charge in [-0.2, -0.15) is 13.2 Å². The van der Waals surface area contributed by atoms with Crippen molar-refractivity contribution in [3.63, 3.8) is 0 Å². The quantitative estimate of drug-likeness (QED) is 0.563. The topological polar surface area (TPSA) is 47.0 Å². The SMILES string of the molecule is O=S(=O)(Cl)c1ccnc(C(F)(F)F)c1I. The van der Waals surface area contributed by atoms with Crippen LogP contribution in [0.4, 0.5) is 13.2 Å². The third-order valence-corrected chi connectivity index (χ3v) is 4.21. The first kappa shape index (κ1) is 13.0. The largest absolute Gasteiger partial charge is 0.434 e. The lowest BCUT2D eigenvalue weighted by Crippen LogP contribution is -2.12. The van der Waals surface area contributed by atoms with E-state index in [2.05, 4.69) is 4.98 Å². The zero-order valence-corrected chi connectivity index (χ0v) is 10.4. The average Bonchev–Trinajstić information content (AvgIpc) is 1.99. The predicted molar refractivity (Wildman–Crippen MR) is 55.0 cm³/mol. The molecule has 1 aromatic heterocycles. The normalized spacial score (nSPS) is 12.9. The van der Waals surface area contributed by atoms with E-state index in [0.29, 0.717) is 0 Å². The maximum absolute atomic E-state index is 12.3. The van der Waals surface area contributed by atoms with Crippen LogP contribution >= 0.6 is 33.3 Å². The molecular formula is C6H2ClF3INO2S. The number of aromatic nitrogens is 1. The van der Waals surface area contributed by atoms with E-state index in [-0.39, 0.29) is 0 Å². The molecule has 0 fully saturated rings. The lowest BCUT2D eigenvalue weighted by atomic mass is 10.3. The fourth-order valence-corrected chi connectivity index (χ4v) is 3.62. The molecule has 0 bridgehead atoms. The number of alkyl halides is 3. The highest BCUT2D eigenvalue weighted by Gasteiger charge is 2.37. The molecule has 1 aromatic rings. The second kappa shape index (κ2) is 4.06. The summed E-state index contributed by atoms with van der Waals surface area (Å²) in [4.78, 5) is 2.48. The van der Waals surface area contributed by atoms with Crippen LogP contribution < -0.4 is 0 Å². The standard InChI is InChI=1S/C6H2ClF3INO2S/c7-15(13,14)3-1-2-12-5(4(3)11)6(8,9)10/h1-2H. The number of pyridine rings is 1. The number of nitrogens with zero attached hydrogens (tertiary/aromatic N) is 1. The van der Waals surface area contributed by atoms with Crippen molar-refractivity contribution in [3.8, 4) is 0 Å². The number of hydrogen-bond acceptors (Lipinski definition) is 3. The van der Waals surface area contributed by atoms with E-state index in [1.807, 2.05) is 0 Å². The summed E-state index contributed by atoms with van der Waals surface area (Å²) in [6, 6.07) is 0.916. The molecular weight excluding hydrogens is 369 g/mol. The summed E-state index contributed by atoms with van der Waals surface area (Å²) in [7, 11) is 0.767. The highest BCUT2D eigenvalue weighted by Crippen LogP contribution is 2.34. The van der Waals surface area contributed by atoms with Gasteiger partial charge in [0, 0.05) is 16.9 Å². The highest BCUT2D eigenvalue weighted by molar-refractivity contribution is 14.1. The fraction of sp³-hybridized carbons (Fsp3) is 0.167. The fourth-order valence-electron chi connectivity index (χ4n) is 0.812. The van der Waals surface area contributed by atoms with Gasteiger partial charge in [0.1, 0.15) is 0 Å². The van der Waals surface area contributed by atoms with Crippen LogP contribution in [0.5, 0.6) is 0 Å². The Labute approximate surface area is 101 Å². The van der Waals surface area contributed by atoms with Crippen molar-refractivity contribution in [2.75, 3.05) is 0 Å². The van der Waals surface area contributed by atoms with Crippen molar-refractivity contribution in [2.24, 2.45) is 0 Å². The molecule has 0 saturated heterocycles. The first-order valence-corrected chi connectivity index (χ1v) is 6.69. The zero-order chi connectivity index (χ0) is 11.9. The van der Waals surface area contributed by atoms with Crippen LogP contribution in [0.3, 0.4) is 0 Å². The Morgan fingerprint density at radius 1 is 1.40 bits per heavy atom. The summed E-state index contributed by atoms with van der Waals surface area (Å²) in [5, 5.41) is 0. The van der Waals surface area contributed by atoms with Gasteiger partial charge in [0.15, 0.2) is 5.69 Å². The first-order chi connectivity index (χ1) is 6.64. The highest BCUT2D eigenvalue weighted by atomic mass is 127. The van der Waals surface area contributed by atoms with Gasteiger partial charge in [-0.3, -0.25) is 4.98 Å². The first-order valence-electron chi connectivity index (χ1n) is 3.30. The zero-order valence-electron chi connectivity index (χ0n) is 6.72. The van der Waals surface area contributed by atoms with Crippen molar-refractivity contribution in [2.45, 2.75) is 11.1 Å². The molecule has 0 spiro atoms. The molecule has 1 heterocycles. The summed E-state index contributed by atoms with van der Waals surface area (Å²) in [5.41, 5.74) is -1.26. The molecule has 9 heteroatoms. The summed E-state index contributed by atoms with van der Waals surface area (Å²) in [5.74, 6) is 0. The lowest BCUT2D eigenvalue weighted by molar-refractivity contribution is -0.142. The van der Waals surface area contributed by atoms with Crippen molar-refractivity contribution in [1.29, 1.82) is 0 Å². The molecule has 15 heavy (non-hydrogen) atoms. The monoisotopic (exact) mass is 371 g/mol. The molecule has 0 aliphatic rings. The van der Waals surface area contributed by atoms with Gasteiger partial charge in [0.05, 0.1) is 8.47 Å². The Hall–Kier alpha value is -0.0900. The van der Waals surface area contributed by atoms with E-state index in [1.54, 1.807) is 0 Å². The van der Waals surface area contributed by atoms with Gasteiger partial charge < -0.3 is 0 Å². The number of hydrogen-bond donors (Lipinski definition) is 0. The maximum Gasteiger partial charge on any atom is 0.434 e. The van der Waals surface area contributed by atoms with Crippen LogP contribution in [-0.2, 0) is 15.2 Å². The van der Waals surface area contributed by atoms with E-state index in [9.17, 15) is 21.6 Å². The third-order valence-electron chi connectivity index (χ3n) is 1.38. The molecule has 84 valence electrons. The summed E-state index contributed by atoms with van der Waals surface area (Å²) in [6.07, 6.45) is -3.95. The van der Waals surface area contributed by atoms with Gasteiger partial charge in [0.2, 0.25) is 0 Å². The Balaban J connectivity index is 3.51. The van der Waals surface area contributed by atoms with Gasteiger partial charge in [-0.15, -0.1) is 0 Å². The molecule has 0 saturated carbocycles. The minimum Gasteiger partial charge on any atom is -0.251 e. The van der Waals surface area contributed by atoms with E-state index in [0.717, 1.165) is 12.3 Å². The maximum atomic E-state index is 12.3. The molecule has 0 radical (unpaired) electrons. The van der Waals surface area contributed by atoms with E-state index >= 15 is 0 Å². The molecule has 0 aliphatic heterocycles. The second-order valence-corrected chi connectivity index (χ2v) is 6.02. The summed E-state index contributed by atoms with van der Waals surface area (Å²) >= 11 is 1.25. The van der Waals surface area contributed by atoms with Crippen LogP contribution in [0.1, 0.15) is 5.69 Å². The summed E-state index contributed by atoms with van der Waals surface area (Å²) in [6.45, 7) is 0. The molecule has 0 aliphatic carbocycles. The Morgan fingerprint density at radius 3 is 2.33 bits per heavy atom. The molecule has 0 N–H and O–H groups in total. The predicted octanol–water partition coefficient (Wildman–Crippen LogP) is 2.63. The number of halogens is 5. The Bertz CT molecular complexity index is 488. The van der Waals surface area contributed by atoms with Crippen LogP contribution in [0.2, 0.25) is 0 Å². The van der Waals surface area contributed by atoms with Gasteiger partial charge in [0.25, 0.3) is 9.05 Å². The van der Waals surface area contributed by atoms with Crippen molar-refractivity contribution in [3.05, 3.63) is 21.5 Å². The van der Waals surface area contributed by atoms with E-state index in [4.69, 9.17) is 10.7 Å². The molecule has 0 aromatic carbocycles. The minimum absolute atomic E-state index is 0.530. The van der Waals surface area contributed by atoms with Crippen molar-refractivity contribution >= 4 is 42.3 Å². The van der Waals surface area contributed by atoms with Gasteiger partial charge >= 0.3 is 6.18 Å². The smallest absolute Gasteiger partial charge is 0.251 e. The Kier molecular flexibility index (Phi) is 3.51. The van der Waals surface area contributed by atoms with Crippen molar-refractivity contribution in [1.82, 2.24) is 4.98 Å². The van der Waals surface area contributed by atoms with E-state index in [1.165, 1.54) is 22.6 Å². The van der Waals surface area contributed by atoms with Crippen LogP contribution in [0.15, 0.2) is 17.2 Å². The summed E-state index contributed by atoms with van der Waals surface area (Å²) < 4.78 is 58.2. The van der Waals surface area contributed by atoms with Gasteiger partial charge in [-0.05, 0) is 28.7 Å². The second-order valence-electron chi connectivity index (χ2n) is 2.41. The van der Waals surface area contributed by atoms with Crippen LogP contribution in [0, 0.1) is 3.57 Å². The third kappa shape index (κ3) is 2.94. The lowest BCUT2D eigenvalue weighted by Gasteiger charge is -2.09. The van der Waals surface area contributed by atoms with Crippen LogP contribution in [0.25, 0.3) is 0 Å².